The lowest BCUT2D eigenvalue weighted by Gasteiger charge is -2.19. The maximum absolute atomic E-state index is 12.2. The molecule has 1 rings (SSSR count). The van der Waals surface area contributed by atoms with Gasteiger partial charge in [-0.05, 0) is 32.3 Å². The first kappa shape index (κ1) is 19.2. The summed E-state index contributed by atoms with van der Waals surface area (Å²) in [7, 11) is 0. The lowest BCUT2D eigenvalue weighted by Crippen LogP contribution is -2.27. The van der Waals surface area contributed by atoms with Crippen LogP contribution in [0.1, 0.15) is 56.1 Å². The number of hydrogen-bond donors (Lipinski definition) is 1. The summed E-state index contributed by atoms with van der Waals surface area (Å²) in [6, 6.07) is 1.79. The first-order valence-corrected chi connectivity index (χ1v) is 8.18. The highest BCUT2D eigenvalue weighted by Gasteiger charge is 2.26. The molecule has 5 nitrogen and oxygen atoms in total. The summed E-state index contributed by atoms with van der Waals surface area (Å²) in [6.45, 7) is 15.1. The van der Waals surface area contributed by atoms with Crippen LogP contribution in [-0.4, -0.2) is 24.3 Å². The largest absolute Gasteiger partial charge is 0.457 e. The number of thiophene rings is 1. The maximum Gasteiger partial charge on any atom is 0.412 e. The van der Waals surface area contributed by atoms with Crippen molar-refractivity contribution in [1.29, 1.82) is 0 Å². The van der Waals surface area contributed by atoms with E-state index < -0.39 is 17.7 Å². The topological polar surface area (TPSA) is 64.6 Å². The monoisotopic (exact) mass is 339 g/mol. The van der Waals surface area contributed by atoms with Crippen LogP contribution in [0.4, 0.5) is 10.5 Å². The molecular formula is C17H25NO4S. The quantitative estimate of drug-likeness (QED) is 0.636. The third-order valence-corrected chi connectivity index (χ3v) is 4.17. The fourth-order valence-electron chi connectivity index (χ4n) is 1.62. The normalized spacial score (nSPS) is 11.7. The third kappa shape index (κ3) is 6.06. The van der Waals surface area contributed by atoms with Gasteiger partial charge in [0.2, 0.25) is 0 Å². The van der Waals surface area contributed by atoms with Crippen molar-refractivity contribution in [2.24, 2.45) is 0 Å². The van der Waals surface area contributed by atoms with E-state index in [9.17, 15) is 9.59 Å². The van der Waals surface area contributed by atoms with Gasteiger partial charge in [0.05, 0.1) is 5.69 Å². The first-order chi connectivity index (χ1) is 10.4. The Morgan fingerprint density at radius 2 is 1.87 bits per heavy atom. The van der Waals surface area contributed by atoms with Gasteiger partial charge in [0.15, 0.2) is 0 Å². The molecule has 1 N–H and O–H groups in total. The molecule has 0 aliphatic carbocycles. The van der Waals surface area contributed by atoms with Gasteiger partial charge in [-0.1, -0.05) is 33.4 Å². The summed E-state index contributed by atoms with van der Waals surface area (Å²) in [4.78, 5) is 25.5. The average molecular weight is 339 g/mol. The van der Waals surface area contributed by atoms with Gasteiger partial charge in [0, 0.05) is 4.88 Å². The Labute approximate surface area is 141 Å². The highest BCUT2D eigenvalue weighted by Crippen LogP contribution is 2.36. The van der Waals surface area contributed by atoms with E-state index in [4.69, 9.17) is 9.47 Å². The van der Waals surface area contributed by atoms with E-state index >= 15 is 0 Å². The van der Waals surface area contributed by atoms with Crippen LogP contribution in [-0.2, 0) is 14.9 Å². The summed E-state index contributed by atoms with van der Waals surface area (Å²) >= 11 is 1.31. The van der Waals surface area contributed by atoms with E-state index in [1.54, 1.807) is 26.8 Å². The van der Waals surface area contributed by atoms with E-state index in [-0.39, 0.29) is 12.0 Å². The Morgan fingerprint density at radius 1 is 1.26 bits per heavy atom. The van der Waals surface area contributed by atoms with Crippen molar-refractivity contribution in [3.05, 3.63) is 28.5 Å². The van der Waals surface area contributed by atoms with Gasteiger partial charge in [0.25, 0.3) is 0 Å². The Balaban J connectivity index is 3.08. The van der Waals surface area contributed by atoms with Crippen LogP contribution in [0.3, 0.4) is 0 Å². The minimum absolute atomic E-state index is 0.119. The smallest absolute Gasteiger partial charge is 0.412 e. The number of rotatable bonds is 4. The predicted molar refractivity (Wildman–Crippen MR) is 93.4 cm³/mol. The zero-order chi connectivity index (χ0) is 17.8. The fraction of sp³-hybridized carbons (Fsp3) is 0.529. The Hall–Kier alpha value is -1.82. The fourth-order valence-corrected chi connectivity index (χ4v) is 2.68. The van der Waals surface area contributed by atoms with E-state index in [0.29, 0.717) is 10.6 Å². The summed E-state index contributed by atoms with van der Waals surface area (Å²) in [5.41, 5.74) is -0.356. The number of anilines is 1. The number of amides is 1. The van der Waals surface area contributed by atoms with Crippen molar-refractivity contribution >= 4 is 29.1 Å². The highest BCUT2D eigenvalue weighted by molar-refractivity contribution is 7.14. The lowest BCUT2D eigenvalue weighted by atomic mass is 9.94. The molecule has 0 spiro atoms. The summed E-state index contributed by atoms with van der Waals surface area (Å²) in [5.74, 6) is -0.489. The van der Waals surface area contributed by atoms with Crippen molar-refractivity contribution in [1.82, 2.24) is 0 Å². The highest BCUT2D eigenvalue weighted by atomic mass is 32.1. The third-order valence-electron chi connectivity index (χ3n) is 2.62. The summed E-state index contributed by atoms with van der Waals surface area (Å²) < 4.78 is 10.3. The summed E-state index contributed by atoms with van der Waals surface area (Å²) in [6.07, 6.45) is 0.894. The minimum Gasteiger partial charge on any atom is -0.457 e. The molecular weight excluding hydrogens is 314 g/mol. The van der Waals surface area contributed by atoms with Crippen molar-refractivity contribution in [2.75, 3.05) is 11.9 Å². The molecule has 0 fully saturated rings. The lowest BCUT2D eigenvalue weighted by molar-refractivity contribution is 0.0556. The molecule has 0 aromatic carbocycles. The van der Waals surface area contributed by atoms with Gasteiger partial charge in [0.1, 0.15) is 17.1 Å². The van der Waals surface area contributed by atoms with Gasteiger partial charge in [-0.3, -0.25) is 5.32 Å². The van der Waals surface area contributed by atoms with E-state index in [2.05, 4.69) is 11.9 Å². The van der Waals surface area contributed by atoms with Crippen LogP contribution in [0, 0.1) is 0 Å². The average Bonchev–Trinajstić information content (AvgIpc) is 2.77. The molecule has 1 amide bonds. The van der Waals surface area contributed by atoms with Gasteiger partial charge in [-0.15, -0.1) is 11.3 Å². The van der Waals surface area contributed by atoms with Crippen LogP contribution in [0.15, 0.2) is 18.7 Å². The van der Waals surface area contributed by atoms with Gasteiger partial charge in [-0.25, -0.2) is 9.59 Å². The SMILES string of the molecule is C=CCOC(=O)c1sc(C(C)(C)C)cc1NC(=O)OC(C)(C)C. The van der Waals surface area contributed by atoms with Crippen LogP contribution in [0.5, 0.6) is 0 Å². The molecule has 1 aromatic heterocycles. The molecule has 23 heavy (non-hydrogen) atoms. The van der Waals surface area contributed by atoms with Crippen LogP contribution in [0.2, 0.25) is 0 Å². The van der Waals surface area contributed by atoms with Crippen molar-refractivity contribution in [3.63, 3.8) is 0 Å². The molecule has 0 saturated heterocycles. The molecule has 0 bridgehead atoms. The summed E-state index contributed by atoms with van der Waals surface area (Å²) in [5, 5.41) is 2.64. The Morgan fingerprint density at radius 3 is 2.35 bits per heavy atom. The zero-order valence-electron chi connectivity index (χ0n) is 14.6. The second kappa shape index (κ2) is 7.17. The number of hydrogen-bond acceptors (Lipinski definition) is 5. The van der Waals surface area contributed by atoms with Crippen molar-refractivity contribution < 1.29 is 19.1 Å². The molecule has 6 heteroatoms. The van der Waals surface area contributed by atoms with Crippen molar-refractivity contribution in [2.45, 2.75) is 52.6 Å². The number of esters is 1. The van der Waals surface area contributed by atoms with Crippen LogP contribution < -0.4 is 5.32 Å². The van der Waals surface area contributed by atoms with Crippen LogP contribution in [0.25, 0.3) is 0 Å². The second-order valence-electron chi connectivity index (χ2n) is 7.12. The van der Waals surface area contributed by atoms with E-state index in [1.807, 2.05) is 20.8 Å². The number of nitrogens with one attached hydrogen (secondary N) is 1. The molecule has 0 unspecified atom stereocenters. The number of carbonyl (C=O) groups excluding carboxylic acids is 2. The van der Waals surface area contributed by atoms with Gasteiger partial charge >= 0.3 is 12.1 Å². The zero-order valence-corrected chi connectivity index (χ0v) is 15.4. The number of carbonyl (C=O) groups is 2. The Kier molecular flexibility index (Phi) is 5.99. The van der Waals surface area contributed by atoms with E-state index in [0.717, 1.165) is 4.88 Å². The van der Waals surface area contributed by atoms with Gasteiger partial charge < -0.3 is 9.47 Å². The standard InChI is InChI=1S/C17H25NO4S/c1-8-9-21-14(19)13-11(10-12(23-13)16(2,3)4)18-15(20)22-17(5,6)7/h8,10H,1,9H2,2-7H3,(H,18,20). The molecule has 0 atom stereocenters. The molecule has 1 aromatic rings. The minimum atomic E-state index is -0.615. The molecule has 0 aliphatic heterocycles. The maximum atomic E-state index is 12.2. The molecule has 0 radical (unpaired) electrons. The van der Waals surface area contributed by atoms with Crippen molar-refractivity contribution in [3.8, 4) is 0 Å². The molecule has 128 valence electrons. The number of ether oxygens (including phenoxy) is 2. The predicted octanol–water partition coefficient (Wildman–Crippen LogP) is 4.74. The van der Waals surface area contributed by atoms with Gasteiger partial charge in [-0.2, -0.15) is 0 Å². The van der Waals surface area contributed by atoms with Crippen LogP contribution >= 0.6 is 11.3 Å². The first-order valence-electron chi connectivity index (χ1n) is 7.36. The van der Waals surface area contributed by atoms with E-state index in [1.165, 1.54) is 17.4 Å². The molecule has 1 heterocycles. The molecule has 0 saturated carbocycles. The Bertz CT molecular complexity index is 591. The second-order valence-corrected chi connectivity index (χ2v) is 8.17. The molecule has 0 aliphatic rings.